The minimum atomic E-state index is 0.0816. The standard InChI is InChI=1S/C5H8N5O.Po/c1-5(11)6-2-3-10-4-7-8-9-10;/h4H,1-3H2,(H,6,11);. The summed E-state index contributed by atoms with van der Waals surface area (Å²) in [5.74, 6) is 0.0816. The topological polar surface area (TPSA) is 72.7 Å². The number of amides is 1. The van der Waals surface area contributed by atoms with E-state index in [4.69, 9.17) is 0 Å². The summed E-state index contributed by atoms with van der Waals surface area (Å²) in [6.45, 7) is 1.20. The fraction of sp³-hybridized carbons (Fsp3) is 0.600. The van der Waals surface area contributed by atoms with Crippen LogP contribution in [0.2, 0.25) is 4.08 Å². The van der Waals surface area contributed by atoms with E-state index in [9.17, 15) is 4.79 Å². The molecule has 0 aliphatic rings. The van der Waals surface area contributed by atoms with E-state index in [2.05, 4.69) is 20.8 Å². The molecule has 0 saturated heterocycles. The van der Waals surface area contributed by atoms with Crippen molar-refractivity contribution in [1.29, 1.82) is 0 Å². The molecule has 0 aliphatic heterocycles. The van der Waals surface area contributed by atoms with Crippen LogP contribution in [0.4, 0.5) is 0 Å². The summed E-state index contributed by atoms with van der Waals surface area (Å²) in [5.41, 5.74) is 0. The quantitative estimate of drug-likeness (QED) is 0.698. The Morgan fingerprint density at radius 3 is 3.08 bits per heavy atom. The average Bonchev–Trinajstić information content (AvgIpc) is 2.57. The van der Waals surface area contributed by atoms with Crippen LogP contribution in [0, 0.1) is 0 Å². The molecule has 1 rings (SSSR count). The molecule has 0 unspecified atom stereocenters. The number of carbonyl (C=O) groups excluding carboxylic acids is 1. The number of hydrogen-bond acceptors (Lipinski definition) is 4. The molecule has 0 aromatic carbocycles. The van der Waals surface area contributed by atoms with Crippen LogP contribution < -0.4 is 5.32 Å². The van der Waals surface area contributed by atoms with Crippen molar-refractivity contribution in [3.8, 4) is 0 Å². The Kier molecular flexibility index (Phi) is 4.09. The number of nitrogens with one attached hydrogen (secondary N) is 1. The Bertz CT molecular complexity index is 236. The molecule has 65 valence electrons. The van der Waals surface area contributed by atoms with Crippen molar-refractivity contribution in [3.63, 3.8) is 0 Å². The van der Waals surface area contributed by atoms with Crippen LogP contribution in [0.25, 0.3) is 0 Å². The van der Waals surface area contributed by atoms with Crippen LogP contribution in [-0.2, 0) is 11.3 Å². The number of hydrogen-bond donors (Lipinski definition) is 1. The monoisotopic (exact) mass is 363 g/mol. The fourth-order valence-electron chi connectivity index (χ4n) is 0.644. The van der Waals surface area contributed by atoms with Crippen molar-refractivity contribution in [2.75, 3.05) is 6.54 Å². The SMILES string of the molecule is O=C([CH2][Po])NCCn1cnnn1. The summed E-state index contributed by atoms with van der Waals surface area (Å²) in [5, 5.41) is 13.3. The van der Waals surface area contributed by atoms with E-state index >= 15 is 0 Å². The second-order valence-electron chi connectivity index (χ2n) is 2.07. The van der Waals surface area contributed by atoms with Gasteiger partial charge in [-0.1, -0.05) is 0 Å². The first kappa shape index (κ1) is 9.52. The molecule has 1 radical (unpaired) electrons. The number of carbonyl (C=O) groups is 1. The van der Waals surface area contributed by atoms with Gasteiger partial charge in [0.1, 0.15) is 0 Å². The molecule has 1 aromatic rings. The van der Waals surface area contributed by atoms with Crippen LogP contribution in [-0.4, -0.2) is 57.7 Å². The van der Waals surface area contributed by atoms with Crippen molar-refractivity contribution >= 4 is 31.0 Å². The Morgan fingerprint density at radius 2 is 2.50 bits per heavy atom. The van der Waals surface area contributed by atoms with Gasteiger partial charge in [-0.3, -0.25) is 0 Å². The molecule has 0 fully saturated rings. The van der Waals surface area contributed by atoms with Crippen molar-refractivity contribution in [2.24, 2.45) is 0 Å². The first-order valence-corrected chi connectivity index (χ1v) is 5.63. The Morgan fingerprint density at radius 1 is 1.67 bits per heavy atom. The fourth-order valence-corrected chi connectivity index (χ4v) is 1.04. The molecule has 1 aromatic heterocycles. The van der Waals surface area contributed by atoms with E-state index in [-0.39, 0.29) is 5.91 Å². The molecule has 0 aliphatic carbocycles. The van der Waals surface area contributed by atoms with E-state index in [0.717, 1.165) is 0 Å². The zero-order valence-electron chi connectivity index (χ0n) is 6.30. The summed E-state index contributed by atoms with van der Waals surface area (Å²) >= 11 is 1.27. The van der Waals surface area contributed by atoms with Crippen LogP contribution >= 0.6 is 0 Å². The minimum absolute atomic E-state index is 0.0816. The molecule has 0 bridgehead atoms. The number of nitrogens with zero attached hydrogens (tertiary/aromatic N) is 4. The molecular weight excluding hydrogens is 355 g/mol. The molecule has 12 heavy (non-hydrogen) atoms. The van der Waals surface area contributed by atoms with Crippen LogP contribution in [0.3, 0.4) is 0 Å². The summed E-state index contributed by atoms with van der Waals surface area (Å²) in [6.07, 6.45) is 1.52. The molecule has 1 heterocycles. The average molecular weight is 363 g/mol. The second-order valence-corrected chi connectivity index (χ2v) is 3.19. The molecule has 1 amide bonds. The van der Waals surface area contributed by atoms with Gasteiger partial charge in [0.2, 0.25) is 0 Å². The van der Waals surface area contributed by atoms with E-state index in [1.54, 1.807) is 4.68 Å². The maximum atomic E-state index is 10.8. The third-order valence-corrected chi connectivity index (χ3v) is 2.20. The van der Waals surface area contributed by atoms with Gasteiger partial charge in [0.15, 0.2) is 0 Å². The Hall–Kier alpha value is -0.564. The van der Waals surface area contributed by atoms with Gasteiger partial charge < -0.3 is 0 Å². The zero-order chi connectivity index (χ0) is 8.81. The molecule has 1 N–H and O–H groups in total. The van der Waals surface area contributed by atoms with Gasteiger partial charge in [-0.15, -0.1) is 0 Å². The van der Waals surface area contributed by atoms with Gasteiger partial charge in [-0.2, -0.15) is 0 Å². The van der Waals surface area contributed by atoms with Gasteiger partial charge in [-0.05, 0) is 0 Å². The first-order valence-electron chi connectivity index (χ1n) is 3.38. The van der Waals surface area contributed by atoms with Gasteiger partial charge in [0, 0.05) is 0 Å². The number of aromatic nitrogens is 4. The Labute approximate surface area is 84.8 Å². The van der Waals surface area contributed by atoms with Gasteiger partial charge >= 0.3 is 84.8 Å². The molecule has 0 spiro atoms. The predicted molar refractivity (Wildman–Crippen MR) is 41.4 cm³/mol. The summed E-state index contributed by atoms with van der Waals surface area (Å²) in [4.78, 5) is 10.8. The molecule has 7 heteroatoms. The number of rotatable bonds is 4. The van der Waals surface area contributed by atoms with Crippen molar-refractivity contribution < 1.29 is 4.79 Å². The predicted octanol–water partition coefficient (Wildman–Crippen LogP) is -1.62. The van der Waals surface area contributed by atoms with Gasteiger partial charge in [0.05, 0.1) is 0 Å². The molecule has 0 atom stereocenters. The Balaban J connectivity index is 2.15. The second kappa shape index (κ2) is 5.15. The maximum absolute atomic E-state index is 10.8. The normalized spacial score (nSPS) is 9.75. The molecular formula is C5H8N5OPo. The zero-order valence-corrected chi connectivity index (χ0v) is 9.48. The van der Waals surface area contributed by atoms with Crippen molar-refractivity contribution in [1.82, 2.24) is 25.5 Å². The van der Waals surface area contributed by atoms with Crippen LogP contribution in [0.5, 0.6) is 0 Å². The van der Waals surface area contributed by atoms with E-state index in [1.165, 1.54) is 31.4 Å². The van der Waals surface area contributed by atoms with Gasteiger partial charge in [0.25, 0.3) is 0 Å². The summed E-state index contributed by atoms with van der Waals surface area (Å²) in [6, 6.07) is 0. The van der Waals surface area contributed by atoms with E-state index in [0.29, 0.717) is 17.2 Å². The summed E-state index contributed by atoms with van der Waals surface area (Å²) in [7, 11) is 0. The first-order chi connectivity index (χ1) is 5.83. The third-order valence-electron chi connectivity index (χ3n) is 1.19. The van der Waals surface area contributed by atoms with Crippen molar-refractivity contribution in [2.45, 2.75) is 10.6 Å². The van der Waals surface area contributed by atoms with Gasteiger partial charge in [-0.25, -0.2) is 0 Å². The third kappa shape index (κ3) is 3.22. The van der Waals surface area contributed by atoms with Crippen LogP contribution in [0.1, 0.15) is 0 Å². The summed E-state index contributed by atoms with van der Waals surface area (Å²) < 4.78 is 2.17. The number of tetrazole rings is 1. The molecule has 6 nitrogen and oxygen atoms in total. The van der Waals surface area contributed by atoms with Crippen LogP contribution in [0.15, 0.2) is 6.33 Å². The van der Waals surface area contributed by atoms with E-state index in [1.807, 2.05) is 0 Å². The van der Waals surface area contributed by atoms with E-state index < -0.39 is 0 Å². The molecule has 0 saturated carbocycles. The van der Waals surface area contributed by atoms with Crippen molar-refractivity contribution in [3.05, 3.63) is 6.33 Å².